The number of nitrogens with one attached hydrogen (secondary N) is 1. The Morgan fingerprint density at radius 3 is 2.36 bits per heavy atom. The van der Waals surface area contributed by atoms with Gasteiger partial charge in [-0.05, 0) is 78.8 Å². The molecule has 2 aromatic carbocycles. The lowest BCUT2D eigenvalue weighted by Gasteiger charge is -2.28. The predicted octanol–water partition coefficient (Wildman–Crippen LogP) is 7.27. The molecule has 1 saturated carbocycles. The quantitative estimate of drug-likeness (QED) is 0.409. The van der Waals surface area contributed by atoms with Gasteiger partial charge in [0.05, 0.1) is 11.8 Å². The summed E-state index contributed by atoms with van der Waals surface area (Å²) in [4.78, 5) is 25.5. The molecule has 178 valence electrons. The van der Waals surface area contributed by atoms with Crippen LogP contribution in [0.25, 0.3) is 0 Å². The van der Waals surface area contributed by atoms with Crippen molar-refractivity contribution in [3.63, 3.8) is 0 Å². The molecule has 4 nitrogen and oxygen atoms in total. The summed E-state index contributed by atoms with van der Waals surface area (Å²) in [5.41, 5.74) is 4.51. The number of amides is 1. The maximum atomic E-state index is 13.6. The van der Waals surface area contributed by atoms with Crippen molar-refractivity contribution in [1.29, 1.82) is 0 Å². The van der Waals surface area contributed by atoms with Crippen LogP contribution in [-0.2, 0) is 16.0 Å². The van der Waals surface area contributed by atoms with Crippen molar-refractivity contribution in [3.8, 4) is 0 Å². The van der Waals surface area contributed by atoms with Gasteiger partial charge < -0.3 is 10.4 Å². The van der Waals surface area contributed by atoms with Crippen LogP contribution in [0.2, 0.25) is 0 Å². The fraction of sp³-hybridized carbons (Fsp3) is 0.500. The first kappa shape index (κ1) is 25.5. The second-order valence-corrected chi connectivity index (χ2v) is 11.4. The molecule has 0 spiro atoms. The fourth-order valence-electron chi connectivity index (χ4n) is 5.02. The molecule has 0 saturated heterocycles. The van der Waals surface area contributed by atoms with E-state index in [0.717, 1.165) is 45.3 Å². The van der Waals surface area contributed by atoms with E-state index < -0.39 is 11.9 Å². The Hall–Kier alpha value is -2.14. The summed E-state index contributed by atoms with van der Waals surface area (Å²) < 4.78 is 1.05. The average Bonchev–Trinajstić information content (AvgIpc) is 3.24. The van der Waals surface area contributed by atoms with E-state index in [4.69, 9.17) is 0 Å². The molecular formula is C28H36BrNO3. The molecule has 33 heavy (non-hydrogen) atoms. The van der Waals surface area contributed by atoms with E-state index in [9.17, 15) is 14.7 Å². The summed E-state index contributed by atoms with van der Waals surface area (Å²) in [6.45, 7) is 9.90. The number of aliphatic carboxylic acids is 1. The highest BCUT2D eigenvalue weighted by molar-refractivity contribution is 9.10. The Morgan fingerprint density at radius 1 is 1.12 bits per heavy atom. The fourth-order valence-corrected chi connectivity index (χ4v) is 5.27. The van der Waals surface area contributed by atoms with Crippen molar-refractivity contribution in [2.75, 3.05) is 5.32 Å². The van der Waals surface area contributed by atoms with Gasteiger partial charge in [0.1, 0.15) is 0 Å². The van der Waals surface area contributed by atoms with Crippen LogP contribution < -0.4 is 5.32 Å². The Labute approximate surface area is 206 Å². The second kappa shape index (κ2) is 10.4. The van der Waals surface area contributed by atoms with Crippen LogP contribution >= 0.6 is 15.9 Å². The van der Waals surface area contributed by atoms with Crippen molar-refractivity contribution in [2.24, 2.45) is 17.3 Å². The molecular weight excluding hydrogens is 478 g/mol. The summed E-state index contributed by atoms with van der Waals surface area (Å²) >= 11 is 3.57. The minimum Gasteiger partial charge on any atom is -0.481 e. The topological polar surface area (TPSA) is 66.4 Å². The molecule has 1 unspecified atom stereocenters. The van der Waals surface area contributed by atoms with Crippen molar-refractivity contribution in [1.82, 2.24) is 0 Å². The van der Waals surface area contributed by atoms with Gasteiger partial charge in [-0.1, -0.05) is 73.8 Å². The van der Waals surface area contributed by atoms with Gasteiger partial charge in [-0.3, -0.25) is 9.59 Å². The molecule has 2 atom stereocenters. The van der Waals surface area contributed by atoms with Gasteiger partial charge in [0.25, 0.3) is 0 Å². The number of carboxylic acid groups (broad SMARTS) is 1. The molecule has 1 fully saturated rings. The van der Waals surface area contributed by atoms with Crippen molar-refractivity contribution in [2.45, 2.75) is 72.6 Å². The first-order valence-corrected chi connectivity index (χ1v) is 12.7. The first-order valence-electron chi connectivity index (χ1n) is 11.9. The molecule has 0 heterocycles. The molecule has 5 heteroatoms. The summed E-state index contributed by atoms with van der Waals surface area (Å²) in [7, 11) is 0. The molecule has 1 amide bonds. The largest absolute Gasteiger partial charge is 0.481 e. The summed E-state index contributed by atoms with van der Waals surface area (Å²) in [6.07, 6.45) is 4.91. The van der Waals surface area contributed by atoms with E-state index in [1.807, 2.05) is 52.0 Å². The van der Waals surface area contributed by atoms with E-state index in [-0.39, 0.29) is 17.2 Å². The third kappa shape index (κ3) is 6.06. The molecule has 3 rings (SSSR count). The SMILES string of the molecule is Cc1cc([C@H](C(=O)Nc2cccc(CC(C(=O)O)C(C)(C)C)c2C)C2CCCC2)ccc1Br. The van der Waals surface area contributed by atoms with Crippen LogP contribution in [0, 0.1) is 31.1 Å². The van der Waals surface area contributed by atoms with Gasteiger partial charge in [0, 0.05) is 10.2 Å². The van der Waals surface area contributed by atoms with Crippen LogP contribution in [0.3, 0.4) is 0 Å². The lowest BCUT2D eigenvalue weighted by atomic mass is 9.76. The minimum atomic E-state index is -0.789. The zero-order valence-electron chi connectivity index (χ0n) is 20.4. The lowest BCUT2D eigenvalue weighted by molar-refractivity contribution is -0.145. The number of carboxylic acids is 1. The Bertz CT molecular complexity index is 1020. The maximum Gasteiger partial charge on any atom is 0.307 e. The molecule has 1 aliphatic carbocycles. The third-order valence-electron chi connectivity index (χ3n) is 7.17. The zero-order valence-corrected chi connectivity index (χ0v) is 22.0. The number of carbonyl (C=O) groups excluding carboxylic acids is 1. The number of benzene rings is 2. The van der Waals surface area contributed by atoms with E-state index in [2.05, 4.69) is 40.3 Å². The van der Waals surface area contributed by atoms with Crippen molar-refractivity contribution < 1.29 is 14.7 Å². The van der Waals surface area contributed by atoms with Crippen LogP contribution in [-0.4, -0.2) is 17.0 Å². The average molecular weight is 515 g/mol. The van der Waals surface area contributed by atoms with Gasteiger partial charge in [0.15, 0.2) is 0 Å². The number of hydrogen-bond donors (Lipinski definition) is 2. The molecule has 0 aromatic heterocycles. The van der Waals surface area contributed by atoms with Gasteiger partial charge in [0.2, 0.25) is 5.91 Å². The standard InChI is InChI=1S/C28H36BrNO3/c1-17-15-21(13-14-23(17)29)25(19-9-6-7-10-19)26(31)30-24-12-8-11-20(18(24)2)16-22(27(32)33)28(3,4)5/h8,11-15,19,22,25H,6-7,9-10,16H2,1-5H3,(H,30,31)(H,32,33)/t22?,25-/m1/s1. The lowest BCUT2D eigenvalue weighted by Crippen LogP contribution is -2.30. The minimum absolute atomic E-state index is 0.0227. The van der Waals surface area contributed by atoms with Crippen LogP contribution in [0.1, 0.15) is 74.6 Å². The third-order valence-corrected chi connectivity index (χ3v) is 8.06. The molecule has 1 aliphatic rings. The van der Waals surface area contributed by atoms with Crippen LogP contribution in [0.5, 0.6) is 0 Å². The second-order valence-electron chi connectivity index (χ2n) is 10.6. The van der Waals surface area contributed by atoms with E-state index in [1.54, 1.807) is 0 Å². The normalized spacial score (nSPS) is 16.4. The van der Waals surface area contributed by atoms with E-state index in [0.29, 0.717) is 12.3 Å². The molecule has 0 radical (unpaired) electrons. The smallest absolute Gasteiger partial charge is 0.307 e. The predicted molar refractivity (Wildman–Crippen MR) is 138 cm³/mol. The van der Waals surface area contributed by atoms with Gasteiger partial charge in [-0.25, -0.2) is 0 Å². The number of rotatable bonds is 7. The Morgan fingerprint density at radius 2 is 1.79 bits per heavy atom. The highest BCUT2D eigenvalue weighted by Crippen LogP contribution is 2.39. The Balaban J connectivity index is 1.89. The number of carbonyl (C=O) groups is 2. The molecule has 0 aliphatic heterocycles. The monoisotopic (exact) mass is 513 g/mol. The first-order chi connectivity index (χ1) is 15.5. The number of aryl methyl sites for hydroxylation is 1. The van der Waals surface area contributed by atoms with Gasteiger partial charge >= 0.3 is 5.97 Å². The highest BCUT2D eigenvalue weighted by atomic mass is 79.9. The highest BCUT2D eigenvalue weighted by Gasteiger charge is 2.34. The number of hydrogen-bond acceptors (Lipinski definition) is 2. The summed E-state index contributed by atoms with van der Waals surface area (Å²) in [5.74, 6) is -1.12. The summed E-state index contributed by atoms with van der Waals surface area (Å²) in [5, 5.41) is 13.0. The van der Waals surface area contributed by atoms with Crippen molar-refractivity contribution in [3.05, 3.63) is 63.1 Å². The van der Waals surface area contributed by atoms with E-state index >= 15 is 0 Å². The van der Waals surface area contributed by atoms with Gasteiger partial charge in [-0.15, -0.1) is 0 Å². The Kier molecular flexibility index (Phi) is 8.04. The molecule has 2 aromatic rings. The summed E-state index contributed by atoms with van der Waals surface area (Å²) in [6, 6.07) is 12.0. The van der Waals surface area contributed by atoms with Crippen LogP contribution in [0.4, 0.5) is 5.69 Å². The van der Waals surface area contributed by atoms with Crippen molar-refractivity contribution >= 4 is 33.5 Å². The molecule has 2 N–H and O–H groups in total. The number of halogens is 1. The van der Waals surface area contributed by atoms with Gasteiger partial charge in [-0.2, -0.15) is 0 Å². The van der Waals surface area contributed by atoms with Crippen LogP contribution in [0.15, 0.2) is 40.9 Å². The van der Waals surface area contributed by atoms with E-state index in [1.165, 1.54) is 12.8 Å². The maximum absolute atomic E-state index is 13.6. The zero-order chi connectivity index (χ0) is 24.3. The molecule has 0 bridgehead atoms. The number of anilines is 1.